The first-order valence-corrected chi connectivity index (χ1v) is 8.05. The van der Waals surface area contributed by atoms with Crippen LogP contribution >= 0.6 is 11.3 Å². The Labute approximate surface area is 147 Å². The summed E-state index contributed by atoms with van der Waals surface area (Å²) in [4.78, 5) is 14.7. The standard InChI is InChI=1S/C17H11N5O2S/c18-10-15(21-20-13-7-4-8-14(9-13)22(23)24)17-19-16(11-25-17)12-5-2-1-3-6-12/h1-9,11,20H/b21-15+. The molecule has 0 aliphatic rings. The van der Waals surface area contributed by atoms with Crippen LogP contribution in [0.5, 0.6) is 0 Å². The van der Waals surface area contributed by atoms with Gasteiger partial charge in [0.25, 0.3) is 5.69 Å². The zero-order valence-corrected chi connectivity index (χ0v) is 13.6. The number of nitro groups is 1. The first-order valence-electron chi connectivity index (χ1n) is 7.17. The van der Waals surface area contributed by atoms with E-state index >= 15 is 0 Å². The van der Waals surface area contributed by atoms with Gasteiger partial charge in [0.2, 0.25) is 0 Å². The molecule has 0 spiro atoms. The predicted molar refractivity (Wildman–Crippen MR) is 96.4 cm³/mol. The Kier molecular flexibility index (Phi) is 4.78. The van der Waals surface area contributed by atoms with Crippen LogP contribution in [-0.2, 0) is 0 Å². The molecule has 0 aliphatic carbocycles. The number of hydrogen-bond acceptors (Lipinski definition) is 7. The summed E-state index contributed by atoms with van der Waals surface area (Å²) in [7, 11) is 0. The Morgan fingerprint density at radius 3 is 2.76 bits per heavy atom. The van der Waals surface area contributed by atoms with Crippen molar-refractivity contribution >= 4 is 28.4 Å². The number of hydrazone groups is 1. The van der Waals surface area contributed by atoms with Crippen LogP contribution in [0.25, 0.3) is 11.3 Å². The molecule has 0 fully saturated rings. The molecule has 0 atom stereocenters. The molecule has 1 aromatic heterocycles. The molecule has 1 N–H and O–H groups in total. The van der Waals surface area contributed by atoms with Gasteiger partial charge < -0.3 is 0 Å². The van der Waals surface area contributed by atoms with Crippen molar-refractivity contribution in [1.29, 1.82) is 5.26 Å². The van der Waals surface area contributed by atoms with Gasteiger partial charge >= 0.3 is 0 Å². The number of nitrogens with zero attached hydrogens (tertiary/aromatic N) is 4. The molecule has 0 bridgehead atoms. The van der Waals surface area contributed by atoms with Gasteiger partial charge in [-0.1, -0.05) is 36.4 Å². The van der Waals surface area contributed by atoms with Crippen molar-refractivity contribution in [2.45, 2.75) is 0 Å². The van der Waals surface area contributed by atoms with Crippen molar-refractivity contribution in [2.75, 3.05) is 5.43 Å². The van der Waals surface area contributed by atoms with Crippen LogP contribution in [0.2, 0.25) is 0 Å². The lowest BCUT2D eigenvalue weighted by Crippen LogP contribution is -2.01. The smallest absolute Gasteiger partial charge is 0.271 e. The first kappa shape index (κ1) is 16.3. The van der Waals surface area contributed by atoms with E-state index in [2.05, 4.69) is 15.5 Å². The van der Waals surface area contributed by atoms with Crippen molar-refractivity contribution < 1.29 is 4.92 Å². The number of nitro benzene ring substituents is 1. The molecular formula is C17H11N5O2S. The highest BCUT2D eigenvalue weighted by Crippen LogP contribution is 2.22. The molecule has 0 radical (unpaired) electrons. The Balaban J connectivity index is 1.82. The molecule has 7 nitrogen and oxygen atoms in total. The second-order valence-corrected chi connectivity index (χ2v) is 5.75. The molecule has 3 rings (SSSR count). The Hall–Kier alpha value is -3.57. The molecule has 0 aliphatic heterocycles. The van der Waals surface area contributed by atoms with Gasteiger partial charge in [0.1, 0.15) is 6.07 Å². The SMILES string of the molecule is N#C/C(=N\Nc1cccc([N+](=O)[O-])c1)c1nc(-c2ccccc2)cs1. The van der Waals surface area contributed by atoms with Crippen LogP contribution in [0.4, 0.5) is 11.4 Å². The number of non-ortho nitro benzene ring substituents is 1. The van der Waals surface area contributed by atoms with Crippen LogP contribution in [0, 0.1) is 21.4 Å². The highest BCUT2D eigenvalue weighted by Gasteiger charge is 2.11. The van der Waals surface area contributed by atoms with Crippen molar-refractivity contribution in [3.8, 4) is 17.3 Å². The number of hydrogen-bond donors (Lipinski definition) is 1. The zero-order valence-electron chi connectivity index (χ0n) is 12.8. The number of nitrogens with one attached hydrogen (secondary N) is 1. The summed E-state index contributed by atoms with van der Waals surface area (Å²) in [6.45, 7) is 0. The molecule has 3 aromatic rings. The van der Waals surface area contributed by atoms with E-state index in [-0.39, 0.29) is 11.4 Å². The van der Waals surface area contributed by atoms with Gasteiger partial charge in [-0.3, -0.25) is 15.5 Å². The lowest BCUT2D eigenvalue weighted by atomic mass is 10.2. The lowest BCUT2D eigenvalue weighted by molar-refractivity contribution is -0.384. The molecule has 122 valence electrons. The van der Waals surface area contributed by atoms with Crippen LogP contribution < -0.4 is 5.43 Å². The summed E-state index contributed by atoms with van der Waals surface area (Å²) in [6, 6.07) is 17.5. The number of rotatable bonds is 5. The maximum atomic E-state index is 10.8. The van der Waals surface area contributed by atoms with Crippen molar-refractivity contribution in [3.63, 3.8) is 0 Å². The van der Waals surface area contributed by atoms with E-state index in [0.29, 0.717) is 10.7 Å². The molecule has 1 heterocycles. The van der Waals surface area contributed by atoms with Gasteiger partial charge in [-0.25, -0.2) is 4.98 Å². The fourth-order valence-corrected chi connectivity index (χ4v) is 2.82. The van der Waals surface area contributed by atoms with E-state index in [9.17, 15) is 15.4 Å². The summed E-state index contributed by atoms with van der Waals surface area (Å²) in [5.74, 6) is 0. The van der Waals surface area contributed by atoms with E-state index in [1.54, 1.807) is 12.1 Å². The number of aromatic nitrogens is 1. The normalized spacial score (nSPS) is 10.9. The second kappa shape index (κ2) is 7.33. The highest BCUT2D eigenvalue weighted by atomic mass is 32.1. The molecule has 0 saturated carbocycles. The minimum atomic E-state index is -0.493. The molecule has 0 saturated heterocycles. The Morgan fingerprint density at radius 2 is 2.04 bits per heavy atom. The number of thiazole rings is 1. The zero-order chi connectivity index (χ0) is 17.6. The maximum absolute atomic E-state index is 10.8. The first-order chi connectivity index (χ1) is 12.2. The number of nitriles is 1. The largest absolute Gasteiger partial charge is 0.277 e. The van der Waals surface area contributed by atoms with Gasteiger partial charge in [-0.2, -0.15) is 10.4 Å². The second-order valence-electron chi connectivity index (χ2n) is 4.90. The molecule has 8 heteroatoms. The fourth-order valence-electron chi connectivity index (χ4n) is 2.05. The van der Waals surface area contributed by atoms with Gasteiger partial charge in [-0.15, -0.1) is 11.3 Å². The van der Waals surface area contributed by atoms with Crippen LogP contribution in [-0.4, -0.2) is 15.6 Å². The third kappa shape index (κ3) is 3.85. The summed E-state index contributed by atoms with van der Waals surface area (Å²) < 4.78 is 0. The highest BCUT2D eigenvalue weighted by molar-refractivity contribution is 7.12. The number of benzene rings is 2. The fraction of sp³-hybridized carbons (Fsp3) is 0. The van der Waals surface area contributed by atoms with E-state index < -0.39 is 4.92 Å². The Morgan fingerprint density at radius 1 is 1.24 bits per heavy atom. The average molecular weight is 349 g/mol. The summed E-state index contributed by atoms with van der Waals surface area (Å²) >= 11 is 1.31. The third-order valence-electron chi connectivity index (χ3n) is 3.24. The molecular weight excluding hydrogens is 338 g/mol. The minimum Gasteiger partial charge on any atom is -0.277 e. The lowest BCUT2D eigenvalue weighted by Gasteiger charge is -2.00. The summed E-state index contributed by atoms with van der Waals surface area (Å²) in [5.41, 5.74) is 4.85. The van der Waals surface area contributed by atoms with E-state index in [1.807, 2.05) is 41.8 Å². The minimum absolute atomic E-state index is 0.0562. The van der Waals surface area contributed by atoms with Gasteiger partial charge in [0.15, 0.2) is 10.7 Å². The van der Waals surface area contributed by atoms with Crippen LogP contribution in [0.15, 0.2) is 65.1 Å². The predicted octanol–water partition coefficient (Wildman–Crippen LogP) is 4.06. The summed E-state index contributed by atoms with van der Waals surface area (Å²) in [5, 5.41) is 26.5. The molecule has 25 heavy (non-hydrogen) atoms. The van der Waals surface area contributed by atoms with Crippen molar-refractivity contribution in [3.05, 3.63) is 75.1 Å². The number of anilines is 1. The monoisotopic (exact) mass is 349 g/mol. The quantitative estimate of drug-likeness (QED) is 0.425. The van der Waals surface area contributed by atoms with Gasteiger partial charge in [0, 0.05) is 23.1 Å². The van der Waals surface area contributed by atoms with E-state index in [0.717, 1.165) is 11.3 Å². The van der Waals surface area contributed by atoms with Crippen LogP contribution in [0.3, 0.4) is 0 Å². The van der Waals surface area contributed by atoms with Crippen LogP contribution in [0.1, 0.15) is 5.01 Å². The average Bonchev–Trinajstić information content (AvgIpc) is 3.13. The molecule has 2 aromatic carbocycles. The van der Waals surface area contributed by atoms with E-state index in [1.165, 1.54) is 23.5 Å². The van der Waals surface area contributed by atoms with Crippen molar-refractivity contribution in [2.24, 2.45) is 5.10 Å². The third-order valence-corrected chi connectivity index (χ3v) is 4.09. The van der Waals surface area contributed by atoms with E-state index in [4.69, 9.17) is 0 Å². The van der Waals surface area contributed by atoms with Crippen molar-refractivity contribution in [1.82, 2.24) is 4.98 Å². The molecule has 0 unspecified atom stereocenters. The summed E-state index contributed by atoms with van der Waals surface area (Å²) in [6.07, 6.45) is 0. The molecule has 0 amide bonds. The Bertz CT molecular complexity index is 976. The van der Waals surface area contributed by atoms with Gasteiger partial charge in [-0.05, 0) is 6.07 Å². The topological polar surface area (TPSA) is 104 Å². The maximum Gasteiger partial charge on any atom is 0.271 e. The van der Waals surface area contributed by atoms with Gasteiger partial charge in [0.05, 0.1) is 16.3 Å².